The van der Waals surface area contributed by atoms with Gasteiger partial charge in [-0.3, -0.25) is 4.79 Å². The van der Waals surface area contributed by atoms with E-state index in [1.54, 1.807) is 26.0 Å². The number of hydrogen-bond donors (Lipinski definition) is 2. The lowest BCUT2D eigenvalue weighted by Crippen LogP contribution is -2.35. The number of carboxylic acid groups (broad SMARTS) is 1. The van der Waals surface area contributed by atoms with Crippen molar-refractivity contribution in [3.05, 3.63) is 35.1 Å². The normalized spacial score (nSPS) is 14.7. The Hall–Kier alpha value is -1.42. The van der Waals surface area contributed by atoms with Gasteiger partial charge >= 0.3 is 5.97 Å². The molecule has 1 aromatic carbocycles. The maximum Gasteiger partial charge on any atom is 0.321 e. The van der Waals surface area contributed by atoms with Crippen LogP contribution in [0.1, 0.15) is 24.0 Å². The third-order valence-corrected chi connectivity index (χ3v) is 2.62. The summed E-state index contributed by atoms with van der Waals surface area (Å²) in [6, 6.07) is 3.59. The molecule has 0 aliphatic rings. The predicted octanol–water partition coefficient (Wildman–Crippen LogP) is 1.65. The van der Waals surface area contributed by atoms with E-state index in [4.69, 9.17) is 10.8 Å². The molecule has 3 nitrogen and oxygen atoms in total. The second kappa shape index (κ2) is 4.40. The summed E-state index contributed by atoms with van der Waals surface area (Å²) in [7, 11) is 0. The molecular weight excluding hydrogens is 197 g/mol. The van der Waals surface area contributed by atoms with Crippen molar-refractivity contribution in [2.24, 2.45) is 5.73 Å². The van der Waals surface area contributed by atoms with E-state index in [9.17, 15) is 9.18 Å². The van der Waals surface area contributed by atoms with Crippen LogP contribution in [0, 0.1) is 12.7 Å². The fraction of sp³-hybridized carbons (Fsp3) is 0.364. The highest BCUT2D eigenvalue weighted by Gasteiger charge is 2.23. The SMILES string of the molecule is Cc1c(F)cccc1[C@@H](C)[C@H](N)C(=O)O. The fourth-order valence-corrected chi connectivity index (χ4v) is 1.52. The van der Waals surface area contributed by atoms with E-state index in [0.717, 1.165) is 0 Å². The minimum atomic E-state index is -1.08. The minimum absolute atomic E-state index is 0.336. The number of rotatable bonds is 3. The molecule has 0 radical (unpaired) electrons. The Balaban J connectivity index is 3.06. The van der Waals surface area contributed by atoms with Crippen LogP contribution in [0.2, 0.25) is 0 Å². The summed E-state index contributed by atoms with van der Waals surface area (Å²) in [4.78, 5) is 10.7. The van der Waals surface area contributed by atoms with Crippen LogP contribution in [0.3, 0.4) is 0 Å². The molecule has 1 rings (SSSR count). The molecule has 0 aromatic heterocycles. The van der Waals surface area contributed by atoms with E-state index in [2.05, 4.69) is 0 Å². The van der Waals surface area contributed by atoms with Crippen LogP contribution < -0.4 is 5.73 Å². The molecule has 0 aliphatic carbocycles. The molecule has 1 aromatic rings. The van der Waals surface area contributed by atoms with Gasteiger partial charge < -0.3 is 10.8 Å². The molecule has 82 valence electrons. The Kier molecular flexibility index (Phi) is 3.42. The van der Waals surface area contributed by atoms with Crippen LogP contribution in [0.25, 0.3) is 0 Å². The van der Waals surface area contributed by atoms with Gasteiger partial charge in [-0.2, -0.15) is 0 Å². The zero-order valence-electron chi connectivity index (χ0n) is 8.70. The molecule has 0 saturated carbocycles. The number of nitrogens with two attached hydrogens (primary N) is 1. The lowest BCUT2D eigenvalue weighted by molar-refractivity contribution is -0.139. The lowest BCUT2D eigenvalue weighted by Gasteiger charge is -2.18. The number of hydrogen-bond acceptors (Lipinski definition) is 2. The van der Waals surface area contributed by atoms with E-state index < -0.39 is 17.9 Å². The molecule has 0 fully saturated rings. The van der Waals surface area contributed by atoms with Gasteiger partial charge in [-0.05, 0) is 24.1 Å². The first-order valence-electron chi connectivity index (χ1n) is 4.68. The second-order valence-electron chi connectivity index (χ2n) is 3.61. The molecular formula is C11H14FNO2. The molecule has 0 saturated heterocycles. The van der Waals surface area contributed by atoms with Gasteiger partial charge in [0.15, 0.2) is 0 Å². The van der Waals surface area contributed by atoms with Crippen molar-refractivity contribution < 1.29 is 14.3 Å². The van der Waals surface area contributed by atoms with Crippen molar-refractivity contribution in [2.75, 3.05) is 0 Å². The van der Waals surface area contributed by atoms with E-state index in [-0.39, 0.29) is 5.82 Å². The summed E-state index contributed by atoms with van der Waals surface area (Å²) in [5.74, 6) is -1.82. The molecule has 0 aliphatic heterocycles. The van der Waals surface area contributed by atoms with E-state index in [1.807, 2.05) is 0 Å². The van der Waals surface area contributed by atoms with Crippen molar-refractivity contribution in [2.45, 2.75) is 25.8 Å². The standard InChI is InChI=1S/C11H14FNO2/c1-6-8(4-3-5-9(6)12)7(2)10(13)11(14)15/h3-5,7,10H,13H2,1-2H3,(H,14,15)/t7-,10+/m1/s1. The van der Waals surface area contributed by atoms with Crippen LogP contribution in [0.15, 0.2) is 18.2 Å². The van der Waals surface area contributed by atoms with Crippen LogP contribution in [0.4, 0.5) is 4.39 Å². The van der Waals surface area contributed by atoms with Crippen molar-refractivity contribution in [1.29, 1.82) is 0 Å². The Morgan fingerprint density at radius 2 is 2.13 bits per heavy atom. The van der Waals surface area contributed by atoms with E-state index in [1.165, 1.54) is 6.07 Å². The van der Waals surface area contributed by atoms with Gasteiger partial charge in [0.2, 0.25) is 0 Å². The largest absolute Gasteiger partial charge is 0.480 e. The Morgan fingerprint density at radius 3 is 2.67 bits per heavy atom. The first-order chi connectivity index (χ1) is 6.95. The number of carbonyl (C=O) groups is 1. The zero-order valence-corrected chi connectivity index (χ0v) is 8.70. The topological polar surface area (TPSA) is 63.3 Å². The van der Waals surface area contributed by atoms with Gasteiger partial charge in [-0.25, -0.2) is 4.39 Å². The van der Waals surface area contributed by atoms with Crippen molar-refractivity contribution in [3.63, 3.8) is 0 Å². The van der Waals surface area contributed by atoms with Gasteiger partial charge in [-0.1, -0.05) is 19.1 Å². The Bertz CT molecular complexity index is 379. The molecule has 15 heavy (non-hydrogen) atoms. The van der Waals surface area contributed by atoms with Gasteiger partial charge in [0.25, 0.3) is 0 Å². The quantitative estimate of drug-likeness (QED) is 0.799. The molecule has 4 heteroatoms. The molecule has 0 amide bonds. The maximum absolute atomic E-state index is 13.2. The number of halogens is 1. The smallest absolute Gasteiger partial charge is 0.321 e. The molecule has 0 heterocycles. The predicted molar refractivity (Wildman–Crippen MR) is 55.2 cm³/mol. The first-order valence-corrected chi connectivity index (χ1v) is 4.68. The number of aliphatic carboxylic acids is 1. The molecule has 0 unspecified atom stereocenters. The van der Waals surface area contributed by atoms with Crippen molar-refractivity contribution in [1.82, 2.24) is 0 Å². The van der Waals surface area contributed by atoms with Crippen molar-refractivity contribution in [3.8, 4) is 0 Å². The Labute approximate surface area is 87.7 Å². The highest BCUT2D eigenvalue weighted by Crippen LogP contribution is 2.23. The molecule has 2 atom stereocenters. The van der Waals surface area contributed by atoms with Gasteiger partial charge in [0, 0.05) is 5.92 Å². The summed E-state index contributed by atoms with van der Waals surface area (Å²) in [6.07, 6.45) is 0. The number of benzene rings is 1. The summed E-state index contributed by atoms with van der Waals surface area (Å²) in [6.45, 7) is 3.30. The van der Waals surface area contributed by atoms with Crippen molar-refractivity contribution >= 4 is 5.97 Å². The third kappa shape index (κ3) is 2.33. The highest BCUT2D eigenvalue weighted by atomic mass is 19.1. The van der Waals surface area contributed by atoms with Crippen LogP contribution in [-0.4, -0.2) is 17.1 Å². The second-order valence-corrected chi connectivity index (χ2v) is 3.61. The van der Waals surface area contributed by atoms with E-state index in [0.29, 0.717) is 11.1 Å². The van der Waals surface area contributed by atoms with Gasteiger partial charge in [-0.15, -0.1) is 0 Å². The van der Waals surface area contributed by atoms with Gasteiger partial charge in [0.1, 0.15) is 11.9 Å². The third-order valence-electron chi connectivity index (χ3n) is 2.62. The first kappa shape index (κ1) is 11.7. The number of carboxylic acids is 1. The zero-order chi connectivity index (χ0) is 11.6. The summed E-state index contributed by atoms with van der Waals surface area (Å²) < 4.78 is 13.2. The maximum atomic E-state index is 13.2. The summed E-state index contributed by atoms with van der Waals surface area (Å²) >= 11 is 0. The minimum Gasteiger partial charge on any atom is -0.480 e. The molecule has 3 N–H and O–H groups in total. The van der Waals surface area contributed by atoms with Crippen LogP contribution in [0.5, 0.6) is 0 Å². The summed E-state index contributed by atoms with van der Waals surface area (Å²) in [5, 5.41) is 8.76. The average molecular weight is 211 g/mol. The lowest BCUT2D eigenvalue weighted by atomic mass is 9.90. The Morgan fingerprint density at radius 1 is 1.53 bits per heavy atom. The monoisotopic (exact) mass is 211 g/mol. The van der Waals surface area contributed by atoms with Gasteiger partial charge in [0.05, 0.1) is 0 Å². The molecule has 0 bridgehead atoms. The summed E-state index contributed by atoms with van der Waals surface area (Å²) in [5.41, 5.74) is 6.59. The fourth-order valence-electron chi connectivity index (χ4n) is 1.52. The van der Waals surface area contributed by atoms with Crippen LogP contribution in [-0.2, 0) is 4.79 Å². The average Bonchev–Trinajstić information content (AvgIpc) is 2.20. The van der Waals surface area contributed by atoms with Crippen LogP contribution >= 0.6 is 0 Å². The highest BCUT2D eigenvalue weighted by molar-refractivity contribution is 5.74. The molecule has 0 spiro atoms. The van der Waals surface area contributed by atoms with E-state index >= 15 is 0 Å².